The Labute approximate surface area is 123 Å². The van der Waals surface area contributed by atoms with E-state index in [1.807, 2.05) is 0 Å². The van der Waals surface area contributed by atoms with E-state index in [-0.39, 0.29) is 18.3 Å². The highest BCUT2D eigenvalue weighted by atomic mass is 79.9. The molecule has 7 heteroatoms. The molecule has 0 spiro atoms. The molecule has 2 rings (SSSR count). The Morgan fingerprint density at radius 2 is 2.40 bits per heavy atom. The fraction of sp³-hybridized carbons (Fsp3) is 0.154. The van der Waals surface area contributed by atoms with Gasteiger partial charge in [0.15, 0.2) is 5.69 Å². The number of aromatic nitrogens is 1. The number of hydrogen-bond donors (Lipinski definition) is 1. The monoisotopic (exact) mass is 335 g/mol. The van der Waals surface area contributed by atoms with Crippen molar-refractivity contribution in [1.82, 2.24) is 4.98 Å². The molecular weight excluding hydrogens is 326 g/mol. The van der Waals surface area contributed by atoms with Crippen LogP contribution in [0.25, 0.3) is 0 Å². The molecule has 1 aromatic carbocycles. The lowest BCUT2D eigenvalue weighted by Gasteiger charge is -2.04. The largest absolute Gasteiger partial charge is 0.461 e. The molecule has 1 N–H and O–H groups in total. The zero-order valence-corrected chi connectivity index (χ0v) is 12.1. The summed E-state index contributed by atoms with van der Waals surface area (Å²) in [6.07, 6.45) is 1.20. The van der Waals surface area contributed by atoms with Gasteiger partial charge in [-0.25, -0.2) is 4.79 Å². The van der Waals surface area contributed by atoms with Crippen molar-refractivity contribution in [2.75, 3.05) is 11.9 Å². The van der Waals surface area contributed by atoms with Crippen molar-refractivity contribution in [2.45, 2.75) is 6.92 Å². The van der Waals surface area contributed by atoms with Crippen molar-refractivity contribution in [3.63, 3.8) is 0 Å². The number of carbonyl (C=O) groups excluding carboxylic acids is 1. The van der Waals surface area contributed by atoms with Gasteiger partial charge in [0.1, 0.15) is 12.3 Å². The van der Waals surface area contributed by atoms with Crippen LogP contribution < -0.4 is 5.32 Å². The smallest absolute Gasteiger partial charge is 0.360 e. The fourth-order valence-electron chi connectivity index (χ4n) is 1.46. The number of rotatable bonds is 4. The van der Waals surface area contributed by atoms with Crippen molar-refractivity contribution < 1.29 is 13.9 Å². The van der Waals surface area contributed by atoms with Crippen molar-refractivity contribution in [2.24, 2.45) is 0 Å². The maximum atomic E-state index is 11.4. The normalized spacial score (nSPS) is 9.85. The lowest BCUT2D eigenvalue weighted by molar-refractivity contribution is 0.0519. The lowest BCUT2D eigenvalue weighted by atomic mass is 10.2. The van der Waals surface area contributed by atoms with Gasteiger partial charge in [-0.05, 0) is 25.1 Å². The maximum Gasteiger partial charge on any atom is 0.360 e. The number of hydrogen-bond acceptors (Lipinski definition) is 6. The quantitative estimate of drug-likeness (QED) is 0.863. The molecule has 20 heavy (non-hydrogen) atoms. The van der Waals surface area contributed by atoms with Gasteiger partial charge in [0.05, 0.1) is 17.9 Å². The predicted molar refractivity (Wildman–Crippen MR) is 74.6 cm³/mol. The van der Waals surface area contributed by atoms with E-state index in [4.69, 9.17) is 14.4 Å². The summed E-state index contributed by atoms with van der Waals surface area (Å²) in [5, 5.41) is 11.9. The standard InChI is InChI=1S/C13H10BrN3O3/c1-2-19-12(18)11-7-20-13(17-11)16-10-4-3-9(14)5-8(10)6-15/h3-5,7H,2H2,1H3,(H,16,17). The summed E-state index contributed by atoms with van der Waals surface area (Å²) >= 11 is 3.28. The van der Waals surface area contributed by atoms with E-state index in [0.29, 0.717) is 11.3 Å². The van der Waals surface area contributed by atoms with Gasteiger partial charge in [-0.1, -0.05) is 15.9 Å². The lowest BCUT2D eigenvalue weighted by Crippen LogP contribution is -2.05. The molecule has 0 aliphatic rings. The van der Waals surface area contributed by atoms with Crippen LogP contribution in [-0.4, -0.2) is 17.6 Å². The molecule has 0 aliphatic carbocycles. The Kier molecular flexibility index (Phi) is 4.38. The molecule has 0 fully saturated rings. The number of nitrogens with one attached hydrogen (secondary N) is 1. The van der Waals surface area contributed by atoms with Crippen LogP contribution in [0.5, 0.6) is 0 Å². The average Bonchev–Trinajstić information content (AvgIpc) is 2.89. The number of esters is 1. The summed E-state index contributed by atoms with van der Waals surface area (Å²) in [6, 6.07) is 7.32. The summed E-state index contributed by atoms with van der Waals surface area (Å²) in [5.74, 6) is -0.555. The van der Waals surface area contributed by atoms with Crippen LogP contribution in [0.4, 0.5) is 11.7 Å². The topological polar surface area (TPSA) is 88.1 Å². The molecule has 0 radical (unpaired) electrons. The van der Waals surface area contributed by atoms with E-state index in [2.05, 4.69) is 32.3 Å². The van der Waals surface area contributed by atoms with Crippen LogP contribution in [0, 0.1) is 11.3 Å². The van der Waals surface area contributed by atoms with Crippen LogP contribution in [0.1, 0.15) is 23.0 Å². The predicted octanol–water partition coefficient (Wildman–Crippen LogP) is 3.23. The van der Waals surface area contributed by atoms with E-state index < -0.39 is 5.97 Å². The molecule has 6 nitrogen and oxygen atoms in total. The summed E-state index contributed by atoms with van der Waals surface area (Å²) in [4.78, 5) is 15.4. The first-order valence-electron chi connectivity index (χ1n) is 5.73. The highest BCUT2D eigenvalue weighted by Gasteiger charge is 2.14. The van der Waals surface area contributed by atoms with Gasteiger partial charge >= 0.3 is 5.97 Å². The zero-order valence-electron chi connectivity index (χ0n) is 10.5. The van der Waals surface area contributed by atoms with Crippen LogP contribution in [0.3, 0.4) is 0 Å². The molecule has 2 aromatic rings. The van der Waals surface area contributed by atoms with E-state index in [0.717, 1.165) is 4.47 Å². The van der Waals surface area contributed by atoms with E-state index in [9.17, 15) is 4.79 Å². The van der Waals surface area contributed by atoms with Crippen LogP contribution in [0.2, 0.25) is 0 Å². The molecule has 0 unspecified atom stereocenters. The van der Waals surface area contributed by atoms with Gasteiger partial charge in [-0.2, -0.15) is 10.2 Å². The zero-order chi connectivity index (χ0) is 14.5. The van der Waals surface area contributed by atoms with Crippen molar-refractivity contribution in [3.05, 3.63) is 40.2 Å². The number of benzene rings is 1. The van der Waals surface area contributed by atoms with Gasteiger partial charge < -0.3 is 14.5 Å². The maximum absolute atomic E-state index is 11.4. The summed E-state index contributed by atoms with van der Waals surface area (Å²) in [5.41, 5.74) is 1.04. The third kappa shape index (κ3) is 3.16. The Hall–Kier alpha value is -2.33. The minimum atomic E-state index is -0.555. The Balaban J connectivity index is 2.19. The fourth-order valence-corrected chi connectivity index (χ4v) is 1.82. The first-order chi connectivity index (χ1) is 9.63. The number of anilines is 2. The van der Waals surface area contributed by atoms with E-state index >= 15 is 0 Å². The number of ether oxygens (including phenoxy) is 1. The second-order valence-electron chi connectivity index (χ2n) is 3.69. The van der Waals surface area contributed by atoms with Gasteiger partial charge in [0, 0.05) is 4.47 Å². The Morgan fingerprint density at radius 3 is 3.10 bits per heavy atom. The number of halogens is 1. The average molecular weight is 336 g/mol. The van der Waals surface area contributed by atoms with Crippen molar-refractivity contribution in [1.29, 1.82) is 5.26 Å². The van der Waals surface area contributed by atoms with Gasteiger partial charge in [-0.15, -0.1) is 0 Å². The molecule has 0 amide bonds. The third-order valence-corrected chi connectivity index (χ3v) is 2.83. The second-order valence-corrected chi connectivity index (χ2v) is 4.60. The van der Waals surface area contributed by atoms with Gasteiger partial charge in [0.2, 0.25) is 0 Å². The molecule has 0 bridgehead atoms. The SMILES string of the molecule is CCOC(=O)c1coc(Nc2ccc(Br)cc2C#N)n1. The highest BCUT2D eigenvalue weighted by Crippen LogP contribution is 2.23. The Bertz CT molecular complexity index is 676. The number of oxazole rings is 1. The number of carbonyl (C=O) groups is 1. The van der Waals surface area contributed by atoms with Crippen molar-refractivity contribution >= 4 is 33.6 Å². The first kappa shape index (κ1) is 14.1. The minimum absolute atomic E-state index is 0.0740. The molecule has 0 aliphatic heterocycles. The third-order valence-electron chi connectivity index (χ3n) is 2.33. The van der Waals surface area contributed by atoms with E-state index in [1.54, 1.807) is 25.1 Å². The second kappa shape index (κ2) is 6.21. The van der Waals surface area contributed by atoms with Gasteiger partial charge in [-0.3, -0.25) is 0 Å². The molecule has 0 atom stereocenters. The summed E-state index contributed by atoms with van der Waals surface area (Å²) in [6.45, 7) is 1.97. The molecule has 102 valence electrons. The highest BCUT2D eigenvalue weighted by molar-refractivity contribution is 9.10. The molecule has 0 saturated heterocycles. The molecule has 1 aromatic heterocycles. The van der Waals surface area contributed by atoms with Crippen LogP contribution in [-0.2, 0) is 4.74 Å². The Morgan fingerprint density at radius 1 is 1.60 bits per heavy atom. The molecule has 0 saturated carbocycles. The molecule has 1 heterocycles. The molecular formula is C13H10BrN3O3. The number of nitrogens with zero attached hydrogens (tertiary/aromatic N) is 2. The van der Waals surface area contributed by atoms with Crippen molar-refractivity contribution in [3.8, 4) is 6.07 Å². The summed E-state index contributed by atoms with van der Waals surface area (Å²) in [7, 11) is 0. The summed E-state index contributed by atoms with van der Waals surface area (Å²) < 4.78 is 10.7. The van der Waals surface area contributed by atoms with E-state index in [1.165, 1.54) is 6.26 Å². The van der Waals surface area contributed by atoms with Crippen LogP contribution in [0.15, 0.2) is 33.4 Å². The van der Waals surface area contributed by atoms with Crippen LogP contribution >= 0.6 is 15.9 Å². The van der Waals surface area contributed by atoms with Gasteiger partial charge in [0.25, 0.3) is 6.01 Å². The minimum Gasteiger partial charge on any atom is -0.461 e. The first-order valence-corrected chi connectivity index (χ1v) is 6.52. The number of nitriles is 1.